The first-order valence-corrected chi connectivity index (χ1v) is 12.0. The molecule has 0 aromatic heterocycles. The lowest BCUT2D eigenvalue weighted by Crippen LogP contribution is -1.84. The van der Waals surface area contributed by atoms with E-state index in [0.29, 0.717) is 0 Å². The third-order valence-corrected chi connectivity index (χ3v) is 5.17. The van der Waals surface area contributed by atoms with Gasteiger partial charge in [0.15, 0.2) is 0 Å². The molecule has 30 heavy (non-hydrogen) atoms. The molecule has 0 amide bonds. The fraction of sp³-hybridized carbons (Fsp3) is 0.385. The Labute approximate surface area is 182 Å². The summed E-state index contributed by atoms with van der Waals surface area (Å²) in [6.45, 7) is 0. The zero-order valence-electron chi connectivity index (χ0n) is 17.6. The Morgan fingerprint density at radius 2 is 1.03 bits per heavy atom. The van der Waals surface area contributed by atoms with E-state index in [1.165, 1.54) is 11.1 Å². The van der Waals surface area contributed by atoms with E-state index < -0.39 is 8.25 Å². The first kappa shape index (κ1) is 23.7. The van der Waals surface area contributed by atoms with Crippen molar-refractivity contribution in [3.8, 4) is 24.1 Å². The van der Waals surface area contributed by atoms with Crippen LogP contribution in [0.1, 0.15) is 62.5 Å². The van der Waals surface area contributed by atoms with Gasteiger partial charge in [-0.05, 0) is 49.7 Å². The van der Waals surface area contributed by atoms with Gasteiger partial charge in [-0.3, -0.25) is 0 Å². The number of hydrogen-bond acceptors (Lipinski definition) is 3. The van der Waals surface area contributed by atoms with Crippen molar-refractivity contribution < 1.29 is 13.6 Å². The second-order valence-corrected chi connectivity index (χ2v) is 8.01. The Kier molecular flexibility index (Phi) is 12.8. The van der Waals surface area contributed by atoms with Gasteiger partial charge in [0.2, 0.25) is 0 Å². The summed E-state index contributed by atoms with van der Waals surface area (Å²) in [5, 5.41) is 0. The molecule has 158 valence electrons. The van der Waals surface area contributed by atoms with Crippen LogP contribution in [-0.2, 0) is 26.5 Å². The topological polar surface area (TPSA) is 35.5 Å². The largest absolute Gasteiger partial charge is 0.435 e. The van der Waals surface area contributed by atoms with Gasteiger partial charge in [0.25, 0.3) is 0 Å². The van der Waals surface area contributed by atoms with Crippen molar-refractivity contribution >= 4 is 8.25 Å². The highest BCUT2D eigenvalue weighted by Gasteiger charge is 1.95. The maximum atomic E-state index is 11.6. The SMILES string of the molecule is O=[PH](OC#CCCCCCc1ccccc1)OC#CCCCCCc1ccccc1. The van der Waals surface area contributed by atoms with E-state index in [2.05, 4.69) is 72.6 Å². The molecule has 2 aromatic carbocycles. The van der Waals surface area contributed by atoms with Gasteiger partial charge >= 0.3 is 8.25 Å². The molecule has 0 saturated heterocycles. The van der Waals surface area contributed by atoms with Gasteiger partial charge in [-0.2, -0.15) is 0 Å². The normalized spacial score (nSPS) is 9.90. The minimum absolute atomic E-state index is 0.735. The monoisotopic (exact) mass is 422 g/mol. The van der Waals surface area contributed by atoms with Crippen molar-refractivity contribution in [3.63, 3.8) is 0 Å². The zero-order valence-corrected chi connectivity index (χ0v) is 18.6. The molecule has 0 aliphatic heterocycles. The van der Waals surface area contributed by atoms with Crippen LogP contribution in [0, 0.1) is 24.1 Å². The van der Waals surface area contributed by atoms with Crippen molar-refractivity contribution in [2.24, 2.45) is 0 Å². The first-order valence-electron chi connectivity index (χ1n) is 10.8. The van der Waals surface area contributed by atoms with Crippen molar-refractivity contribution in [2.45, 2.75) is 64.2 Å². The smallest absolute Gasteiger partial charge is 0.364 e. The number of benzene rings is 2. The van der Waals surface area contributed by atoms with E-state index in [4.69, 9.17) is 9.05 Å². The molecule has 0 aliphatic carbocycles. The van der Waals surface area contributed by atoms with Crippen LogP contribution in [0.2, 0.25) is 0 Å². The summed E-state index contributed by atoms with van der Waals surface area (Å²) in [6.07, 6.45) is 15.1. The van der Waals surface area contributed by atoms with Gasteiger partial charge in [0.05, 0.1) is 0 Å². The van der Waals surface area contributed by atoms with Crippen LogP contribution in [0.25, 0.3) is 0 Å². The highest BCUT2D eigenvalue weighted by Crippen LogP contribution is 2.21. The summed E-state index contributed by atoms with van der Waals surface area (Å²) in [6, 6.07) is 21.0. The van der Waals surface area contributed by atoms with Crippen LogP contribution in [0.5, 0.6) is 0 Å². The third-order valence-electron chi connectivity index (χ3n) is 4.63. The Morgan fingerprint density at radius 1 is 0.600 bits per heavy atom. The Bertz CT molecular complexity index is 770. The molecule has 0 atom stereocenters. The Balaban J connectivity index is 1.41. The quantitative estimate of drug-likeness (QED) is 0.211. The van der Waals surface area contributed by atoms with Crippen LogP contribution in [0.15, 0.2) is 60.7 Å². The summed E-state index contributed by atoms with van der Waals surface area (Å²) in [5.41, 5.74) is 2.74. The lowest BCUT2D eigenvalue weighted by atomic mass is 10.1. The van der Waals surface area contributed by atoms with Gasteiger partial charge in [-0.15, -0.1) is 0 Å². The summed E-state index contributed by atoms with van der Waals surface area (Å²) < 4.78 is 21.3. The predicted octanol–water partition coefficient (Wildman–Crippen LogP) is 6.94. The summed E-state index contributed by atoms with van der Waals surface area (Å²) >= 11 is 0. The standard InChI is InChI=1S/C26H31O3P/c27-30(28-23-15-5-1-3-9-17-25-19-11-7-12-20-25)29-24-16-6-2-4-10-18-26-21-13-8-14-22-26/h7-8,11-14,19-22,30H,1-6,9-10,17-18H2. The molecule has 0 fully saturated rings. The predicted molar refractivity (Wildman–Crippen MR) is 124 cm³/mol. The minimum Gasteiger partial charge on any atom is -0.364 e. The van der Waals surface area contributed by atoms with Crippen LogP contribution >= 0.6 is 8.25 Å². The molecule has 0 heterocycles. The number of unbranched alkanes of at least 4 members (excludes halogenated alkanes) is 6. The van der Waals surface area contributed by atoms with Crippen molar-refractivity contribution in [2.75, 3.05) is 0 Å². The highest BCUT2D eigenvalue weighted by atomic mass is 31.1. The Morgan fingerprint density at radius 3 is 1.47 bits per heavy atom. The molecule has 4 heteroatoms. The van der Waals surface area contributed by atoms with Gasteiger partial charge in [0, 0.05) is 12.8 Å². The molecule has 2 rings (SSSR count). The summed E-state index contributed by atoms with van der Waals surface area (Å²) in [7, 11) is -2.65. The van der Waals surface area contributed by atoms with Crippen LogP contribution in [0.3, 0.4) is 0 Å². The van der Waals surface area contributed by atoms with Crippen molar-refractivity contribution in [1.82, 2.24) is 0 Å². The Hall–Kier alpha value is -2.61. The van der Waals surface area contributed by atoms with Gasteiger partial charge < -0.3 is 9.05 Å². The molecule has 0 bridgehead atoms. The summed E-state index contributed by atoms with van der Waals surface area (Å²) in [4.78, 5) is 0. The lowest BCUT2D eigenvalue weighted by Gasteiger charge is -1.99. The van der Waals surface area contributed by atoms with E-state index >= 15 is 0 Å². The maximum absolute atomic E-state index is 11.6. The molecule has 0 saturated carbocycles. The van der Waals surface area contributed by atoms with Crippen LogP contribution in [-0.4, -0.2) is 0 Å². The summed E-state index contributed by atoms with van der Waals surface area (Å²) in [5.74, 6) is 5.76. The molecule has 0 N–H and O–H groups in total. The molecule has 3 nitrogen and oxygen atoms in total. The first-order chi connectivity index (χ1) is 14.8. The van der Waals surface area contributed by atoms with Crippen LogP contribution in [0.4, 0.5) is 0 Å². The van der Waals surface area contributed by atoms with Gasteiger partial charge in [-0.25, -0.2) is 4.57 Å². The average molecular weight is 423 g/mol. The van der Waals surface area contributed by atoms with E-state index in [-0.39, 0.29) is 0 Å². The van der Waals surface area contributed by atoms with Gasteiger partial charge in [0.1, 0.15) is 12.2 Å². The molecular formula is C26H31O3P. The third kappa shape index (κ3) is 12.1. The zero-order chi connectivity index (χ0) is 21.1. The van der Waals surface area contributed by atoms with E-state index in [1.807, 2.05) is 12.1 Å². The van der Waals surface area contributed by atoms with Crippen LogP contribution < -0.4 is 0 Å². The van der Waals surface area contributed by atoms with Crippen molar-refractivity contribution in [1.29, 1.82) is 0 Å². The lowest BCUT2D eigenvalue weighted by molar-refractivity contribution is 0.383. The molecule has 0 unspecified atom stereocenters. The number of hydrogen-bond donors (Lipinski definition) is 0. The van der Waals surface area contributed by atoms with E-state index in [0.717, 1.165) is 64.2 Å². The second kappa shape index (κ2) is 16.2. The van der Waals surface area contributed by atoms with Crippen molar-refractivity contribution in [3.05, 3.63) is 71.8 Å². The maximum Gasteiger partial charge on any atom is 0.435 e. The van der Waals surface area contributed by atoms with E-state index in [9.17, 15) is 4.57 Å². The highest BCUT2D eigenvalue weighted by molar-refractivity contribution is 7.33. The molecule has 0 spiro atoms. The number of rotatable bonds is 12. The molecule has 0 aliphatic rings. The minimum atomic E-state index is -2.65. The van der Waals surface area contributed by atoms with E-state index in [1.54, 1.807) is 0 Å². The average Bonchev–Trinajstić information content (AvgIpc) is 2.79. The fourth-order valence-corrected chi connectivity index (χ4v) is 3.36. The molecular weight excluding hydrogens is 391 g/mol. The van der Waals surface area contributed by atoms with Gasteiger partial charge in [-0.1, -0.05) is 85.3 Å². The second-order valence-electron chi connectivity index (χ2n) is 7.10. The fourth-order valence-electron chi connectivity index (χ4n) is 3.01. The number of aryl methyl sites for hydroxylation is 2. The molecule has 2 aromatic rings. The molecule has 0 radical (unpaired) electrons.